The average Bonchev–Trinajstić information content (AvgIpc) is 3.36. The molecule has 7 heteroatoms. The van der Waals surface area contributed by atoms with E-state index in [2.05, 4.69) is 12.2 Å². The number of fused-ring (bicyclic) bond motifs is 1. The van der Waals surface area contributed by atoms with Crippen LogP contribution in [0.4, 0.5) is 17.1 Å². The molecule has 2 saturated heterocycles. The Morgan fingerprint density at radius 2 is 1.56 bits per heavy atom. The van der Waals surface area contributed by atoms with Crippen molar-refractivity contribution >= 4 is 34.8 Å². The first-order valence-corrected chi connectivity index (χ1v) is 11.3. The van der Waals surface area contributed by atoms with E-state index in [0.717, 1.165) is 23.2 Å². The highest BCUT2D eigenvalue weighted by Crippen LogP contribution is 2.47. The van der Waals surface area contributed by atoms with Crippen LogP contribution in [0.2, 0.25) is 0 Å². The van der Waals surface area contributed by atoms with Crippen molar-refractivity contribution in [2.24, 2.45) is 5.92 Å². The van der Waals surface area contributed by atoms with Gasteiger partial charge in [-0.05, 0) is 53.9 Å². The van der Waals surface area contributed by atoms with Crippen molar-refractivity contribution in [2.75, 3.05) is 15.3 Å². The summed E-state index contributed by atoms with van der Waals surface area (Å²) in [5.41, 5.74) is 3.91. The standard InChI is InChI=1S/C27H25N3O4/c1-3-18-9-15-21(16-10-18)29-26(32)23-24(19-11-13-20(14-12-19)28-17(2)31)30(34-25(23)27(29)33)22-7-5-4-6-8-22/h4-16,23-25H,3H2,1-2H3,(H,28,31)/t23-,24+,25-/m0/s1. The number of anilines is 3. The molecule has 3 aromatic carbocycles. The Kier molecular flexibility index (Phi) is 5.63. The van der Waals surface area contributed by atoms with Crippen molar-refractivity contribution in [1.29, 1.82) is 0 Å². The molecule has 0 bridgehead atoms. The lowest BCUT2D eigenvalue weighted by atomic mass is 9.90. The van der Waals surface area contributed by atoms with Crippen LogP contribution >= 0.6 is 0 Å². The van der Waals surface area contributed by atoms with Crippen LogP contribution < -0.4 is 15.3 Å². The number of carbonyl (C=O) groups is 3. The predicted octanol–water partition coefficient (Wildman–Crippen LogP) is 4.26. The SMILES string of the molecule is CCc1ccc(N2C(=O)[C@@H]3[C@H](ON(c4ccccc4)[C@@H]3c3ccc(NC(C)=O)cc3)C2=O)cc1. The number of para-hydroxylation sites is 1. The summed E-state index contributed by atoms with van der Waals surface area (Å²) < 4.78 is 0. The molecule has 5 rings (SSSR count). The van der Waals surface area contributed by atoms with Crippen LogP contribution in [0.25, 0.3) is 0 Å². The van der Waals surface area contributed by atoms with Gasteiger partial charge in [0.2, 0.25) is 11.8 Å². The zero-order valence-electron chi connectivity index (χ0n) is 19.0. The topological polar surface area (TPSA) is 79.0 Å². The number of carbonyl (C=O) groups excluding carboxylic acids is 3. The highest BCUT2D eigenvalue weighted by atomic mass is 16.7. The number of amides is 3. The second kappa shape index (κ2) is 8.76. The Balaban J connectivity index is 1.53. The minimum Gasteiger partial charge on any atom is -0.326 e. The van der Waals surface area contributed by atoms with Crippen LogP contribution in [0.1, 0.15) is 31.0 Å². The van der Waals surface area contributed by atoms with Gasteiger partial charge < -0.3 is 5.32 Å². The zero-order chi connectivity index (χ0) is 23.8. The number of hydrogen-bond donors (Lipinski definition) is 1. The number of hydrogen-bond acceptors (Lipinski definition) is 5. The summed E-state index contributed by atoms with van der Waals surface area (Å²) in [6.45, 7) is 3.50. The van der Waals surface area contributed by atoms with Crippen molar-refractivity contribution in [1.82, 2.24) is 0 Å². The van der Waals surface area contributed by atoms with Crippen molar-refractivity contribution in [3.8, 4) is 0 Å². The first-order valence-electron chi connectivity index (χ1n) is 11.3. The molecule has 0 aromatic heterocycles. The minimum absolute atomic E-state index is 0.163. The van der Waals surface area contributed by atoms with Crippen LogP contribution in [0.5, 0.6) is 0 Å². The van der Waals surface area contributed by atoms with Gasteiger partial charge in [0, 0.05) is 12.6 Å². The summed E-state index contributed by atoms with van der Waals surface area (Å²) in [5, 5.41) is 4.42. The molecule has 0 radical (unpaired) electrons. The molecular formula is C27H25N3O4. The molecule has 2 fully saturated rings. The molecule has 34 heavy (non-hydrogen) atoms. The van der Waals surface area contributed by atoms with E-state index in [1.54, 1.807) is 17.2 Å². The largest absolute Gasteiger partial charge is 0.326 e. The minimum atomic E-state index is -0.918. The normalized spacial score (nSPS) is 21.6. The van der Waals surface area contributed by atoms with Crippen molar-refractivity contribution in [3.05, 3.63) is 90.0 Å². The Morgan fingerprint density at radius 3 is 2.18 bits per heavy atom. The van der Waals surface area contributed by atoms with Crippen LogP contribution in [-0.2, 0) is 25.6 Å². The Bertz CT molecular complexity index is 1220. The van der Waals surface area contributed by atoms with Gasteiger partial charge in [-0.1, -0.05) is 49.4 Å². The second-order valence-corrected chi connectivity index (χ2v) is 8.49. The van der Waals surface area contributed by atoms with Crippen molar-refractivity contribution in [3.63, 3.8) is 0 Å². The van der Waals surface area contributed by atoms with Gasteiger partial charge in [0.1, 0.15) is 5.92 Å². The maximum atomic E-state index is 13.7. The summed E-state index contributed by atoms with van der Waals surface area (Å²) in [7, 11) is 0. The molecular weight excluding hydrogens is 430 g/mol. The summed E-state index contributed by atoms with van der Waals surface area (Å²) in [6, 6.07) is 23.7. The van der Waals surface area contributed by atoms with Crippen molar-refractivity contribution < 1.29 is 19.2 Å². The van der Waals surface area contributed by atoms with E-state index in [1.807, 2.05) is 66.7 Å². The molecule has 3 atom stereocenters. The quantitative estimate of drug-likeness (QED) is 0.582. The summed E-state index contributed by atoms with van der Waals surface area (Å²) in [4.78, 5) is 45.9. The number of rotatable bonds is 5. The van der Waals surface area contributed by atoms with E-state index in [0.29, 0.717) is 11.4 Å². The van der Waals surface area contributed by atoms with Crippen LogP contribution in [-0.4, -0.2) is 23.8 Å². The van der Waals surface area contributed by atoms with Gasteiger partial charge in [-0.25, -0.2) is 9.96 Å². The van der Waals surface area contributed by atoms with E-state index in [-0.39, 0.29) is 17.7 Å². The molecule has 172 valence electrons. The third kappa shape index (κ3) is 3.74. The lowest BCUT2D eigenvalue weighted by molar-refractivity contribution is -0.126. The van der Waals surface area contributed by atoms with Gasteiger partial charge in [-0.15, -0.1) is 0 Å². The maximum absolute atomic E-state index is 13.7. The van der Waals surface area contributed by atoms with Crippen LogP contribution in [0.3, 0.4) is 0 Å². The average molecular weight is 456 g/mol. The zero-order valence-corrected chi connectivity index (χ0v) is 19.0. The number of aryl methyl sites for hydroxylation is 1. The van der Waals surface area contributed by atoms with Gasteiger partial charge >= 0.3 is 0 Å². The third-order valence-corrected chi connectivity index (χ3v) is 6.30. The van der Waals surface area contributed by atoms with Gasteiger partial charge in [-0.3, -0.25) is 19.2 Å². The van der Waals surface area contributed by atoms with Gasteiger partial charge in [0.15, 0.2) is 6.10 Å². The molecule has 3 amide bonds. The molecule has 2 aliphatic rings. The summed E-state index contributed by atoms with van der Waals surface area (Å²) in [6.07, 6.45) is -0.0439. The van der Waals surface area contributed by atoms with E-state index in [4.69, 9.17) is 4.84 Å². The second-order valence-electron chi connectivity index (χ2n) is 8.49. The monoisotopic (exact) mass is 455 g/mol. The van der Waals surface area contributed by atoms with E-state index < -0.39 is 18.1 Å². The van der Waals surface area contributed by atoms with Gasteiger partial charge in [0.25, 0.3) is 5.91 Å². The Morgan fingerprint density at radius 1 is 0.882 bits per heavy atom. The van der Waals surface area contributed by atoms with E-state index in [1.165, 1.54) is 11.8 Å². The molecule has 1 N–H and O–H groups in total. The predicted molar refractivity (Wildman–Crippen MR) is 129 cm³/mol. The number of benzene rings is 3. The van der Waals surface area contributed by atoms with Crippen molar-refractivity contribution in [2.45, 2.75) is 32.4 Å². The van der Waals surface area contributed by atoms with Crippen LogP contribution in [0.15, 0.2) is 78.9 Å². The molecule has 2 heterocycles. The molecule has 0 saturated carbocycles. The Hall–Kier alpha value is -3.97. The first kappa shape index (κ1) is 21.9. The maximum Gasteiger partial charge on any atom is 0.266 e. The number of imide groups is 1. The third-order valence-electron chi connectivity index (χ3n) is 6.30. The molecule has 0 spiro atoms. The fourth-order valence-electron chi connectivity index (χ4n) is 4.65. The molecule has 3 aromatic rings. The van der Waals surface area contributed by atoms with E-state index >= 15 is 0 Å². The highest BCUT2D eigenvalue weighted by Gasteiger charge is 2.60. The number of nitrogens with zero attached hydrogens (tertiary/aromatic N) is 2. The fraction of sp³-hybridized carbons (Fsp3) is 0.222. The number of nitrogens with one attached hydrogen (secondary N) is 1. The first-order chi connectivity index (χ1) is 16.5. The molecule has 2 aliphatic heterocycles. The molecule has 7 nitrogen and oxygen atoms in total. The summed E-state index contributed by atoms with van der Waals surface area (Å²) >= 11 is 0. The lowest BCUT2D eigenvalue weighted by Gasteiger charge is -2.29. The fourth-order valence-corrected chi connectivity index (χ4v) is 4.65. The Labute approximate surface area is 197 Å². The molecule has 0 unspecified atom stereocenters. The summed E-state index contributed by atoms with van der Waals surface area (Å²) in [5.74, 6) is -1.51. The van der Waals surface area contributed by atoms with Gasteiger partial charge in [0.05, 0.1) is 17.4 Å². The highest BCUT2D eigenvalue weighted by molar-refractivity contribution is 6.23. The smallest absolute Gasteiger partial charge is 0.266 e. The number of hydroxylamine groups is 1. The van der Waals surface area contributed by atoms with E-state index in [9.17, 15) is 14.4 Å². The van der Waals surface area contributed by atoms with Gasteiger partial charge in [-0.2, -0.15) is 0 Å². The lowest BCUT2D eigenvalue weighted by Crippen LogP contribution is -2.37. The molecule has 0 aliphatic carbocycles. The van der Waals surface area contributed by atoms with Crippen LogP contribution in [0, 0.1) is 5.92 Å².